The van der Waals surface area contributed by atoms with Crippen molar-refractivity contribution in [2.75, 3.05) is 26.2 Å². The van der Waals surface area contributed by atoms with E-state index in [2.05, 4.69) is 35.2 Å². The zero-order valence-electron chi connectivity index (χ0n) is 17.6. The predicted molar refractivity (Wildman–Crippen MR) is 119 cm³/mol. The summed E-state index contributed by atoms with van der Waals surface area (Å²) in [6, 6.07) is 15.9. The van der Waals surface area contributed by atoms with E-state index in [1.165, 1.54) is 5.56 Å². The van der Waals surface area contributed by atoms with Gasteiger partial charge in [-0.3, -0.25) is 9.69 Å². The number of hydrogen-bond acceptors (Lipinski definition) is 2. The van der Waals surface area contributed by atoms with Gasteiger partial charge in [0.1, 0.15) is 5.82 Å². The monoisotopic (exact) mass is 428 g/mol. The van der Waals surface area contributed by atoms with Crippen molar-refractivity contribution in [3.8, 4) is 0 Å². The van der Waals surface area contributed by atoms with Gasteiger partial charge in [-0.2, -0.15) is 0 Å². The summed E-state index contributed by atoms with van der Waals surface area (Å²) in [5, 5.41) is 0.176. The van der Waals surface area contributed by atoms with Gasteiger partial charge in [0.25, 0.3) is 0 Å². The summed E-state index contributed by atoms with van der Waals surface area (Å²) in [4.78, 5) is 16.6. The van der Waals surface area contributed by atoms with E-state index >= 15 is 0 Å². The van der Waals surface area contributed by atoms with Crippen molar-refractivity contribution >= 4 is 17.5 Å². The van der Waals surface area contributed by atoms with Crippen LogP contribution >= 0.6 is 11.6 Å². The van der Waals surface area contributed by atoms with Gasteiger partial charge >= 0.3 is 0 Å². The Labute approximate surface area is 183 Å². The highest BCUT2D eigenvalue weighted by atomic mass is 35.5. The number of nitrogens with zero attached hydrogens (tertiary/aromatic N) is 2. The zero-order valence-corrected chi connectivity index (χ0v) is 18.4. The molecule has 0 aromatic heterocycles. The molecule has 1 atom stereocenters. The summed E-state index contributed by atoms with van der Waals surface area (Å²) in [6.45, 7) is 6.10. The van der Waals surface area contributed by atoms with E-state index in [0.717, 1.165) is 64.0 Å². The lowest BCUT2D eigenvalue weighted by molar-refractivity contribution is -0.132. The van der Waals surface area contributed by atoms with Crippen molar-refractivity contribution in [1.82, 2.24) is 9.80 Å². The van der Waals surface area contributed by atoms with Crippen molar-refractivity contribution < 1.29 is 9.18 Å². The van der Waals surface area contributed by atoms with Crippen LogP contribution in [-0.2, 0) is 16.8 Å². The standard InChI is InChI=1S/C25H30ClFN2O/c1-19(30)29-13-5-12-25(18-29,21-6-3-2-4-7-21)22-10-14-28(15-11-22)17-20-8-9-23(26)24(27)16-20/h2-4,6-9,16,22H,5,10-15,17-18H2,1H3. The highest BCUT2D eigenvalue weighted by Gasteiger charge is 2.45. The molecule has 3 nitrogen and oxygen atoms in total. The predicted octanol–water partition coefficient (Wildman–Crippen LogP) is 5.27. The van der Waals surface area contributed by atoms with Crippen LogP contribution in [0.25, 0.3) is 0 Å². The van der Waals surface area contributed by atoms with Crippen LogP contribution in [0, 0.1) is 11.7 Å². The Bertz CT molecular complexity index is 882. The smallest absolute Gasteiger partial charge is 0.219 e. The summed E-state index contributed by atoms with van der Waals surface area (Å²) >= 11 is 5.82. The average molecular weight is 429 g/mol. The quantitative estimate of drug-likeness (QED) is 0.662. The summed E-state index contributed by atoms with van der Waals surface area (Å²) in [5.41, 5.74) is 2.37. The van der Waals surface area contributed by atoms with Crippen molar-refractivity contribution in [2.24, 2.45) is 5.92 Å². The minimum absolute atomic E-state index is 0.0314. The SMILES string of the molecule is CC(=O)N1CCCC(c2ccccc2)(C2CCN(Cc3ccc(Cl)c(F)c3)CC2)C1. The molecule has 30 heavy (non-hydrogen) atoms. The number of amides is 1. The molecule has 2 aliphatic rings. The maximum atomic E-state index is 13.8. The number of halogens is 2. The molecule has 0 N–H and O–H groups in total. The Kier molecular flexibility index (Phi) is 6.45. The van der Waals surface area contributed by atoms with Gasteiger partial charge in [0.05, 0.1) is 5.02 Å². The lowest BCUT2D eigenvalue weighted by atomic mass is 9.62. The minimum Gasteiger partial charge on any atom is -0.342 e. The Hall–Kier alpha value is -1.91. The normalized spacial score (nSPS) is 23.5. The minimum atomic E-state index is -0.349. The van der Waals surface area contributed by atoms with Gasteiger partial charge in [-0.25, -0.2) is 4.39 Å². The third-order valence-electron chi connectivity index (χ3n) is 7.08. The molecule has 1 amide bonds. The van der Waals surface area contributed by atoms with Crippen LogP contribution in [-0.4, -0.2) is 41.9 Å². The molecule has 0 bridgehead atoms. The highest BCUT2D eigenvalue weighted by molar-refractivity contribution is 6.30. The molecule has 2 aromatic carbocycles. The number of hydrogen-bond donors (Lipinski definition) is 0. The summed E-state index contributed by atoms with van der Waals surface area (Å²) < 4.78 is 13.8. The van der Waals surface area contributed by atoms with Crippen LogP contribution < -0.4 is 0 Å². The molecule has 0 radical (unpaired) electrons. The van der Waals surface area contributed by atoms with Crippen molar-refractivity contribution in [1.29, 1.82) is 0 Å². The Morgan fingerprint density at radius 2 is 1.87 bits per heavy atom. The summed E-state index contributed by atoms with van der Waals surface area (Å²) in [7, 11) is 0. The second-order valence-corrected chi connectivity index (χ2v) is 9.27. The van der Waals surface area contributed by atoms with Crippen LogP contribution in [0.3, 0.4) is 0 Å². The van der Waals surface area contributed by atoms with E-state index in [4.69, 9.17) is 11.6 Å². The Morgan fingerprint density at radius 1 is 1.13 bits per heavy atom. The molecule has 2 aliphatic heterocycles. The van der Waals surface area contributed by atoms with Gasteiger partial charge in [-0.1, -0.05) is 48.0 Å². The molecule has 0 saturated carbocycles. The van der Waals surface area contributed by atoms with E-state index in [-0.39, 0.29) is 22.2 Å². The number of piperidine rings is 2. The van der Waals surface area contributed by atoms with Crippen LogP contribution in [0.2, 0.25) is 5.02 Å². The molecular weight excluding hydrogens is 399 g/mol. The van der Waals surface area contributed by atoms with Crippen molar-refractivity contribution in [3.05, 3.63) is 70.5 Å². The van der Waals surface area contributed by atoms with Gasteiger partial charge in [-0.15, -0.1) is 0 Å². The number of carbonyl (C=O) groups excluding carboxylic acids is 1. The fourth-order valence-corrected chi connectivity index (χ4v) is 5.58. The highest BCUT2D eigenvalue weighted by Crippen LogP contribution is 2.45. The van der Waals surface area contributed by atoms with E-state index < -0.39 is 0 Å². The first-order valence-electron chi connectivity index (χ1n) is 11.0. The van der Waals surface area contributed by atoms with Crippen molar-refractivity contribution in [2.45, 2.75) is 44.6 Å². The maximum absolute atomic E-state index is 13.8. The molecule has 160 valence electrons. The lowest BCUT2D eigenvalue weighted by Crippen LogP contribution is -2.53. The summed E-state index contributed by atoms with van der Waals surface area (Å²) in [5.74, 6) is 0.371. The van der Waals surface area contributed by atoms with E-state index in [0.29, 0.717) is 5.92 Å². The fraction of sp³-hybridized carbons (Fsp3) is 0.480. The maximum Gasteiger partial charge on any atom is 0.219 e. The number of benzene rings is 2. The van der Waals surface area contributed by atoms with Gasteiger partial charge in [0.15, 0.2) is 0 Å². The molecule has 0 spiro atoms. The topological polar surface area (TPSA) is 23.6 Å². The molecule has 5 heteroatoms. The second kappa shape index (κ2) is 9.07. The molecule has 0 aliphatic carbocycles. The van der Waals surface area contributed by atoms with E-state index in [1.54, 1.807) is 19.1 Å². The number of rotatable bonds is 4. The molecule has 2 saturated heterocycles. The first-order valence-corrected chi connectivity index (χ1v) is 11.3. The largest absolute Gasteiger partial charge is 0.342 e. The van der Waals surface area contributed by atoms with Gasteiger partial charge in [0.2, 0.25) is 5.91 Å². The Morgan fingerprint density at radius 3 is 2.53 bits per heavy atom. The van der Waals surface area contributed by atoms with Crippen molar-refractivity contribution in [3.63, 3.8) is 0 Å². The fourth-order valence-electron chi connectivity index (χ4n) is 5.47. The second-order valence-electron chi connectivity index (χ2n) is 8.87. The third kappa shape index (κ3) is 4.40. The average Bonchev–Trinajstić information content (AvgIpc) is 2.77. The first-order chi connectivity index (χ1) is 14.5. The molecule has 2 fully saturated rings. The van der Waals surface area contributed by atoms with Crippen LogP contribution in [0.4, 0.5) is 4.39 Å². The Balaban J connectivity index is 1.49. The first kappa shape index (κ1) is 21.3. The zero-order chi connectivity index (χ0) is 21.1. The summed E-state index contributed by atoms with van der Waals surface area (Å²) in [6.07, 6.45) is 4.38. The third-order valence-corrected chi connectivity index (χ3v) is 7.38. The van der Waals surface area contributed by atoms with E-state index in [1.807, 2.05) is 11.0 Å². The molecule has 2 aromatic rings. The van der Waals surface area contributed by atoms with Crippen LogP contribution in [0.1, 0.15) is 43.7 Å². The van der Waals surface area contributed by atoms with E-state index in [9.17, 15) is 9.18 Å². The molecular formula is C25H30ClFN2O. The van der Waals surface area contributed by atoms with Crippen LogP contribution in [0.5, 0.6) is 0 Å². The molecule has 2 heterocycles. The number of carbonyl (C=O) groups is 1. The van der Waals surface area contributed by atoms with Gasteiger partial charge in [0, 0.05) is 32.0 Å². The lowest BCUT2D eigenvalue weighted by Gasteiger charge is -2.50. The van der Waals surface area contributed by atoms with Crippen LogP contribution in [0.15, 0.2) is 48.5 Å². The van der Waals surface area contributed by atoms with Gasteiger partial charge in [-0.05, 0) is 68.0 Å². The molecule has 4 rings (SSSR count). The number of likely N-dealkylation sites (tertiary alicyclic amines) is 2. The molecule has 1 unspecified atom stereocenters. The van der Waals surface area contributed by atoms with Gasteiger partial charge < -0.3 is 4.90 Å².